The first-order valence-corrected chi connectivity index (χ1v) is 19.3. The summed E-state index contributed by atoms with van der Waals surface area (Å²) >= 11 is 0. The predicted molar refractivity (Wildman–Crippen MR) is 215 cm³/mol. The SMILES string of the molecule is CCc1nc2cccc3c2n1-c1c(-c2ccc4c(-c5ccccc5)c5ccccc5c(-c5ccccc5)c4c2)cccc1P3(=O)c1ccccc1. The zero-order valence-electron chi connectivity index (χ0n) is 28.1. The number of benzene rings is 8. The summed E-state index contributed by atoms with van der Waals surface area (Å²) in [4.78, 5) is 5.12. The quantitative estimate of drug-likeness (QED) is 0.135. The second kappa shape index (κ2) is 11.5. The van der Waals surface area contributed by atoms with Gasteiger partial charge in [-0.3, -0.25) is 4.57 Å². The zero-order valence-corrected chi connectivity index (χ0v) is 29.0. The molecule has 0 bridgehead atoms. The molecule has 10 rings (SSSR count). The summed E-state index contributed by atoms with van der Waals surface area (Å²) in [6, 6.07) is 59.6. The number of para-hydroxylation sites is 2. The lowest BCUT2D eigenvalue weighted by Crippen LogP contribution is -2.33. The molecule has 1 aliphatic rings. The molecular formula is C47H33N2OP. The van der Waals surface area contributed by atoms with Gasteiger partial charge < -0.3 is 4.57 Å². The number of aryl methyl sites for hydroxylation is 1. The van der Waals surface area contributed by atoms with Gasteiger partial charge in [0.05, 0.1) is 16.7 Å². The highest BCUT2D eigenvalue weighted by Crippen LogP contribution is 2.52. The lowest BCUT2D eigenvalue weighted by atomic mass is 9.85. The first kappa shape index (κ1) is 29.9. The maximum Gasteiger partial charge on any atom is 0.175 e. The zero-order chi connectivity index (χ0) is 34.1. The van der Waals surface area contributed by atoms with Gasteiger partial charge in [0.25, 0.3) is 0 Å². The first-order chi connectivity index (χ1) is 25.2. The van der Waals surface area contributed by atoms with Gasteiger partial charge in [-0.2, -0.15) is 0 Å². The van der Waals surface area contributed by atoms with Gasteiger partial charge in [0, 0.05) is 27.9 Å². The van der Waals surface area contributed by atoms with Crippen LogP contribution in [0.15, 0.2) is 170 Å². The number of imidazole rings is 1. The van der Waals surface area contributed by atoms with E-state index in [2.05, 4.69) is 139 Å². The van der Waals surface area contributed by atoms with Gasteiger partial charge in [0.2, 0.25) is 0 Å². The van der Waals surface area contributed by atoms with Crippen LogP contribution in [-0.4, -0.2) is 9.55 Å². The number of hydrogen-bond acceptors (Lipinski definition) is 2. The first-order valence-electron chi connectivity index (χ1n) is 17.6. The Hall–Kier alpha value is -6.02. The Bertz CT molecular complexity index is 2860. The molecule has 0 saturated heterocycles. The molecule has 0 saturated carbocycles. The molecule has 1 atom stereocenters. The van der Waals surface area contributed by atoms with Gasteiger partial charge >= 0.3 is 0 Å². The largest absolute Gasteiger partial charge is 0.308 e. The van der Waals surface area contributed by atoms with Crippen molar-refractivity contribution in [2.45, 2.75) is 13.3 Å². The molecule has 0 aliphatic carbocycles. The van der Waals surface area contributed by atoms with Gasteiger partial charge in [-0.1, -0.05) is 153 Å². The smallest absolute Gasteiger partial charge is 0.175 e. The molecule has 1 unspecified atom stereocenters. The highest BCUT2D eigenvalue weighted by Gasteiger charge is 2.40. The van der Waals surface area contributed by atoms with Gasteiger partial charge in [-0.15, -0.1) is 0 Å². The average molecular weight is 673 g/mol. The van der Waals surface area contributed by atoms with Gasteiger partial charge in [0.15, 0.2) is 7.14 Å². The van der Waals surface area contributed by atoms with Crippen LogP contribution in [0.1, 0.15) is 12.7 Å². The molecule has 0 amide bonds. The van der Waals surface area contributed by atoms with Gasteiger partial charge in [-0.05, 0) is 73.6 Å². The van der Waals surface area contributed by atoms with E-state index in [0.717, 1.165) is 56.0 Å². The standard InChI is InChI=1S/C47H33N2OP/c1-2-43-48-40-25-15-27-42-47(40)49(43)46-35(24-14-26-41(46)51(42,50)34-20-10-5-11-21-34)33-28-29-38-39(30-33)45(32-18-8-4-9-19-32)37-23-13-12-22-36(37)44(38)31-16-6-3-7-17-31/h3-30H,2H2,1H3. The fourth-order valence-electron chi connectivity index (χ4n) is 8.37. The monoisotopic (exact) mass is 672 g/mol. The van der Waals surface area contributed by atoms with Gasteiger partial charge in [0.1, 0.15) is 5.82 Å². The maximum absolute atomic E-state index is 15.9. The summed E-state index contributed by atoms with van der Waals surface area (Å²) in [6.45, 7) is 2.15. The second-order valence-electron chi connectivity index (χ2n) is 13.3. The topological polar surface area (TPSA) is 34.9 Å². The molecule has 51 heavy (non-hydrogen) atoms. The van der Waals surface area contributed by atoms with E-state index in [-0.39, 0.29) is 0 Å². The summed E-state index contributed by atoms with van der Waals surface area (Å²) in [5.41, 5.74) is 9.73. The molecule has 0 fully saturated rings. The van der Waals surface area contributed by atoms with Crippen molar-refractivity contribution in [1.82, 2.24) is 9.55 Å². The molecule has 0 N–H and O–H groups in total. The van der Waals surface area contributed by atoms with Crippen LogP contribution in [0.4, 0.5) is 0 Å². The molecule has 8 aromatic carbocycles. The van der Waals surface area contributed by atoms with E-state index in [1.807, 2.05) is 42.5 Å². The Morgan fingerprint density at radius 3 is 1.76 bits per heavy atom. The Kier molecular flexibility index (Phi) is 6.74. The average Bonchev–Trinajstić information content (AvgIpc) is 3.59. The van der Waals surface area contributed by atoms with E-state index < -0.39 is 7.14 Å². The fraction of sp³-hybridized carbons (Fsp3) is 0.0426. The van der Waals surface area contributed by atoms with Crippen LogP contribution in [-0.2, 0) is 11.0 Å². The molecule has 242 valence electrons. The van der Waals surface area contributed by atoms with E-state index in [1.165, 1.54) is 43.8 Å². The number of aromatic nitrogens is 2. The minimum Gasteiger partial charge on any atom is -0.308 e. The van der Waals surface area contributed by atoms with Crippen molar-refractivity contribution in [1.29, 1.82) is 0 Å². The van der Waals surface area contributed by atoms with Crippen LogP contribution in [0.2, 0.25) is 0 Å². The number of fused-ring (bicyclic) bond motifs is 4. The third-order valence-corrected chi connectivity index (χ3v) is 13.6. The third-order valence-electron chi connectivity index (χ3n) is 10.5. The van der Waals surface area contributed by atoms with Crippen LogP contribution >= 0.6 is 7.14 Å². The van der Waals surface area contributed by atoms with E-state index in [9.17, 15) is 0 Å². The molecule has 3 nitrogen and oxygen atoms in total. The highest BCUT2D eigenvalue weighted by molar-refractivity contribution is 7.86. The van der Waals surface area contributed by atoms with E-state index >= 15 is 4.57 Å². The minimum atomic E-state index is -3.26. The second-order valence-corrected chi connectivity index (χ2v) is 16.0. The van der Waals surface area contributed by atoms with E-state index in [1.54, 1.807) is 0 Å². The van der Waals surface area contributed by atoms with E-state index in [4.69, 9.17) is 4.98 Å². The molecule has 9 aromatic rings. The lowest BCUT2D eigenvalue weighted by molar-refractivity contribution is 0.592. The molecule has 1 aliphatic heterocycles. The van der Waals surface area contributed by atoms with Crippen molar-refractivity contribution in [3.05, 3.63) is 176 Å². The number of nitrogens with zero attached hydrogens (tertiary/aromatic N) is 2. The van der Waals surface area contributed by atoms with Crippen molar-refractivity contribution in [2.24, 2.45) is 0 Å². The molecular weight excluding hydrogens is 640 g/mol. The number of rotatable bonds is 5. The molecule has 1 aromatic heterocycles. The Morgan fingerprint density at radius 1 is 0.529 bits per heavy atom. The summed E-state index contributed by atoms with van der Waals surface area (Å²) in [5.74, 6) is 0.966. The maximum atomic E-state index is 15.9. The van der Waals surface area contributed by atoms with Crippen molar-refractivity contribution < 1.29 is 4.57 Å². The van der Waals surface area contributed by atoms with Crippen LogP contribution in [0, 0.1) is 0 Å². The Balaban J connectivity index is 1.34. The van der Waals surface area contributed by atoms with Crippen LogP contribution in [0.25, 0.3) is 71.6 Å². The van der Waals surface area contributed by atoms with Crippen molar-refractivity contribution in [3.63, 3.8) is 0 Å². The highest BCUT2D eigenvalue weighted by atomic mass is 31.2. The Morgan fingerprint density at radius 2 is 1.10 bits per heavy atom. The van der Waals surface area contributed by atoms with E-state index in [0.29, 0.717) is 0 Å². The summed E-state index contributed by atoms with van der Waals surface area (Å²) < 4.78 is 18.2. The Labute approximate surface area is 296 Å². The third kappa shape index (κ3) is 4.32. The predicted octanol–water partition coefficient (Wildman–Crippen LogP) is 10.8. The number of hydrogen-bond donors (Lipinski definition) is 0. The van der Waals surface area contributed by atoms with Crippen LogP contribution in [0.3, 0.4) is 0 Å². The van der Waals surface area contributed by atoms with Crippen LogP contribution in [0.5, 0.6) is 0 Å². The summed E-state index contributed by atoms with van der Waals surface area (Å²) in [7, 11) is -3.26. The molecule has 4 heteroatoms. The fourth-order valence-corrected chi connectivity index (χ4v) is 11.4. The van der Waals surface area contributed by atoms with Crippen molar-refractivity contribution in [3.8, 4) is 39.1 Å². The van der Waals surface area contributed by atoms with Crippen molar-refractivity contribution >= 4 is 55.6 Å². The van der Waals surface area contributed by atoms with Crippen molar-refractivity contribution in [2.75, 3.05) is 0 Å². The normalized spacial score (nSPS) is 15.0. The van der Waals surface area contributed by atoms with Gasteiger partial charge in [-0.25, -0.2) is 4.98 Å². The summed E-state index contributed by atoms with van der Waals surface area (Å²) in [5, 5.41) is 7.38. The molecule has 0 spiro atoms. The minimum absolute atomic E-state index is 0.750. The lowest BCUT2D eigenvalue weighted by Gasteiger charge is -2.31. The molecule has 2 heterocycles. The molecule has 0 radical (unpaired) electrons. The van der Waals surface area contributed by atoms with Crippen LogP contribution < -0.4 is 15.9 Å². The summed E-state index contributed by atoms with van der Waals surface area (Å²) in [6.07, 6.45) is 0.750.